The molecule has 2 unspecified atom stereocenters. The number of nitrogens with one attached hydrogen (secondary N) is 1. The van der Waals surface area contributed by atoms with Crippen molar-refractivity contribution < 1.29 is 28.2 Å². The van der Waals surface area contributed by atoms with Crippen LogP contribution in [0.15, 0.2) is 60.7 Å². The molecule has 1 N–H and O–H groups in total. The van der Waals surface area contributed by atoms with E-state index in [9.17, 15) is 14.2 Å². The molecule has 7 nitrogen and oxygen atoms in total. The Balaban J connectivity index is 1.49. The Hall–Kier alpha value is -2.47. The van der Waals surface area contributed by atoms with Crippen molar-refractivity contribution in [1.29, 1.82) is 0 Å². The Kier molecular flexibility index (Phi) is 10.6. The molecule has 1 aliphatic heterocycles. The molecule has 33 heavy (non-hydrogen) atoms. The van der Waals surface area contributed by atoms with Gasteiger partial charge in [-0.2, -0.15) is 0 Å². The van der Waals surface area contributed by atoms with Crippen LogP contribution in [0, 0.1) is 5.92 Å². The Morgan fingerprint density at radius 2 is 1.61 bits per heavy atom. The van der Waals surface area contributed by atoms with Crippen LogP contribution in [0.25, 0.3) is 0 Å². The van der Waals surface area contributed by atoms with Crippen molar-refractivity contribution in [2.24, 2.45) is 5.92 Å². The Morgan fingerprint density at radius 3 is 2.21 bits per heavy atom. The summed E-state index contributed by atoms with van der Waals surface area (Å²) < 4.78 is 28.9. The van der Waals surface area contributed by atoms with Gasteiger partial charge in [0.1, 0.15) is 13.2 Å². The second-order valence-electron chi connectivity index (χ2n) is 8.16. The van der Waals surface area contributed by atoms with Crippen LogP contribution >= 0.6 is 8.03 Å². The first-order chi connectivity index (χ1) is 16.1. The molecule has 178 valence electrons. The normalized spacial score (nSPS) is 17.3. The van der Waals surface area contributed by atoms with Gasteiger partial charge in [0.15, 0.2) is 8.03 Å². The second kappa shape index (κ2) is 13.9. The Morgan fingerprint density at radius 1 is 0.970 bits per heavy atom. The van der Waals surface area contributed by atoms with Gasteiger partial charge in [0.05, 0.1) is 12.5 Å². The molecule has 3 rings (SSSR count). The molecule has 0 spiro atoms. The van der Waals surface area contributed by atoms with E-state index in [1.807, 2.05) is 60.7 Å². The fraction of sp³-hybridized carbons (Fsp3) is 0.440. The van der Waals surface area contributed by atoms with Crippen LogP contribution in [0.4, 0.5) is 0 Å². The van der Waals surface area contributed by atoms with Gasteiger partial charge in [-0.05, 0) is 36.9 Å². The molecule has 0 radical (unpaired) electrons. The minimum Gasteiger partial charge on any atom is -0.461 e. The van der Waals surface area contributed by atoms with Gasteiger partial charge in [-0.15, -0.1) is 0 Å². The van der Waals surface area contributed by atoms with E-state index in [0.717, 1.165) is 30.5 Å². The highest BCUT2D eigenvalue weighted by molar-refractivity contribution is 7.39. The predicted octanol–water partition coefficient (Wildman–Crippen LogP) is 4.11. The summed E-state index contributed by atoms with van der Waals surface area (Å²) in [6.45, 7) is 1.61. The summed E-state index contributed by atoms with van der Waals surface area (Å²) in [4.78, 5) is 25.0. The molecule has 1 saturated heterocycles. The highest BCUT2D eigenvalue weighted by Crippen LogP contribution is 2.29. The lowest BCUT2D eigenvalue weighted by molar-refractivity contribution is -0.150. The number of hydrogen-bond donors (Lipinski definition) is 1. The minimum atomic E-state index is -2.45. The van der Waals surface area contributed by atoms with E-state index in [4.69, 9.17) is 14.0 Å². The zero-order valence-electron chi connectivity index (χ0n) is 18.7. The molecule has 2 aromatic carbocycles. The molecular weight excluding hydrogens is 441 g/mol. The van der Waals surface area contributed by atoms with Crippen molar-refractivity contribution in [2.75, 3.05) is 19.3 Å². The third-order valence-electron chi connectivity index (χ3n) is 5.52. The monoisotopic (exact) mass is 473 g/mol. The van der Waals surface area contributed by atoms with E-state index in [2.05, 4.69) is 5.32 Å². The molecule has 8 heteroatoms. The van der Waals surface area contributed by atoms with Gasteiger partial charge in [0.2, 0.25) is 0 Å². The number of ether oxygens (including phenoxy) is 2. The maximum Gasteiger partial charge on any atom is 0.309 e. The highest BCUT2D eigenvalue weighted by atomic mass is 31.1. The number of hydrogen-bond acceptors (Lipinski definition) is 7. The predicted molar refractivity (Wildman–Crippen MR) is 126 cm³/mol. The lowest BCUT2D eigenvalue weighted by Gasteiger charge is -2.17. The lowest BCUT2D eigenvalue weighted by atomic mass is 10.1. The number of carbonyl (C=O) groups excluding carboxylic acids is 2. The van der Waals surface area contributed by atoms with E-state index in [1.54, 1.807) is 0 Å². The standard InChI is InChI=1S/C25H32NO6P/c27-24(30-16-20-8-3-1-4-9-20)14-13-22(19-33(29)32-18-23-12-7-15-26-23)25(28)31-17-21-10-5-2-6-11-21/h1-6,8-11,22-23,26,33H,7,12-19H2/t22?,23-/m0/s1. The summed E-state index contributed by atoms with van der Waals surface area (Å²) in [6, 6.07) is 19.0. The molecule has 0 aliphatic carbocycles. The van der Waals surface area contributed by atoms with Crippen molar-refractivity contribution in [3.8, 4) is 0 Å². The summed E-state index contributed by atoms with van der Waals surface area (Å²) in [5, 5.41) is 3.29. The van der Waals surface area contributed by atoms with Crippen LogP contribution in [-0.4, -0.2) is 37.3 Å². The molecule has 1 heterocycles. The molecule has 1 aliphatic rings. The molecule has 0 bridgehead atoms. The molecule has 3 atom stereocenters. The number of rotatable bonds is 13. The van der Waals surface area contributed by atoms with E-state index in [-0.39, 0.29) is 38.3 Å². The fourth-order valence-electron chi connectivity index (χ4n) is 3.60. The van der Waals surface area contributed by atoms with Gasteiger partial charge in [-0.1, -0.05) is 60.7 Å². The summed E-state index contributed by atoms with van der Waals surface area (Å²) in [6.07, 6.45) is 2.36. The molecular formula is C25H32NO6P. The third kappa shape index (κ3) is 9.50. The SMILES string of the molecule is O=C(CCC(C[PH](=O)OC[C@@H]1CCCN1)C(=O)OCc1ccccc1)OCc1ccccc1. The van der Waals surface area contributed by atoms with Crippen molar-refractivity contribution in [3.05, 3.63) is 71.8 Å². The maximum atomic E-state index is 12.7. The van der Waals surface area contributed by atoms with E-state index >= 15 is 0 Å². The van der Waals surface area contributed by atoms with Crippen LogP contribution < -0.4 is 5.32 Å². The minimum absolute atomic E-state index is 0.0390. The number of esters is 2. The summed E-state index contributed by atoms with van der Waals surface area (Å²) in [5.74, 6) is -1.58. The summed E-state index contributed by atoms with van der Waals surface area (Å²) >= 11 is 0. The first-order valence-corrected chi connectivity index (χ1v) is 12.9. The van der Waals surface area contributed by atoms with Gasteiger partial charge in [-0.3, -0.25) is 14.2 Å². The molecule has 0 amide bonds. The number of benzene rings is 2. The third-order valence-corrected chi connectivity index (χ3v) is 6.83. The Labute approximate surface area is 195 Å². The molecule has 2 aromatic rings. The second-order valence-corrected chi connectivity index (χ2v) is 9.60. The van der Waals surface area contributed by atoms with E-state index in [0.29, 0.717) is 6.61 Å². The topological polar surface area (TPSA) is 90.9 Å². The van der Waals surface area contributed by atoms with Gasteiger partial charge >= 0.3 is 11.9 Å². The van der Waals surface area contributed by atoms with Gasteiger partial charge in [0.25, 0.3) is 0 Å². The highest BCUT2D eigenvalue weighted by Gasteiger charge is 2.25. The van der Waals surface area contributed by atoms with Gasteiger partial charge in [-0.25, -0.2) is 0 Å². The number of carbonyl (C=O) groups is 2. The largest absolute Gasteiger partial charge is 0.461 e. The van der Waals surface area contributed by atoms with Crippen molar-refractivity contribution >= 4 is 20.0 Å². The molecule has 0 aromatic heterocycles. The fourth-order valence-corrected chi connectivity index (χ4v) is 4.88. The molecule has 0 saturated carbocycles. The zero-order chi connectivity index (χ0) is 23.3. The first kappa shape index (κ1) is 25.2. The first-order valence-electron chi connectivity index (χ1n) is 11.4. The van der Waals surface area contributed by atoms with Gasteiger partial charge < -0.3 is 19.3 Å². The summed E-state index contributed by atoms with van der Waals surface area (Å²) in [7, 11) is -2.45. The van der Waals surface area contributed by atoms with Gasteiger partial charge in [0, 0.05) is 18.6 Å². The molecule has 1 fully saturated rings. The zero-order valence-corrected chi connectivity index (χ0v) is 19.7. The maximum absolute atomic E-state index is 12.7. The average molecular weight is 474 g/mol. The van der Waals surface area contributed by atoms with Crippen LogP contribution in [0.5, 0.6) is 0 Å². The average Bonchev–Trinajstić information content (AvgIpc) is 3.37. The van der Waals surface area contributed by atoms with Crippen molar-refractivity contribution in [3.63, 3.8) is 0 Å². The smallest absolute Gasteiger partial charge is 0.309 e. The van der Waals surface area contributed by atoms with E-state index in [1.165, 1.54) is 0 Å². The quantitative estimate of drug-likeness (QED) is 0.346. The van der Waals surface area contributed by atoms with Crippen molar-refractivity contribution in [2.45, 2.75) is 44.9 Å². The summed E-state index contributed by atoms with van der Waals surface area (Å²) in [5.41, 5.74) is 1.76. The van der Waals surface area contributed by atoms with Crippen molar-refractivity contribution in [1.82, 2.24) is 5.32 Å². The lowest BCUT2D eigenvalue weighted by Crippen LogP contribution is -2.26. The Bertz CT molecular complexity index is 886. The van der Waals surface area contributed by atoms with Crippen LogP contribution in [0.3, 0.4) is 0 Å². The van der Waals surface area contributed by atoms with Crippen LogP contribution in [0.2, 0.25) is 0 Å². The van der Waals surface area contributed by atoms with Crippen LogP contribution in [-0.2, 0) is 41.4 Å². The van der Waals surface area contributed by atoms with E-state index < -0.39 is 25.9 Å². The van der Waals surface area contributed by atoms with Crippen LogP contribution in [0.1, 0.15) is 36.8 Å².